The zero-order chi connectivity index (χ0) is 27.6. The second-order valence-corrected chi connectivity index (χ2v) is 9.57. The molecule has 2 N–H and O–H groups in total. The van der Waals surface area contributed by atoms with Gasteiger partial charge in [-0.05, 0) is 87.0 Å². The van der Waals surface area contributed by atoms with E-state index in [0.717, 1.165) is 10.5 Å². The number of rotatable bonds is 7. The molecule has 0 fully saturated rings. The highest BCUT2D eigenvalue weighted by Gasteiger charge is 2.39. The lowest BCUT2D eigenvalue weighted by Gasteiger charge is -2.16. The van der Waals surface area contributed by atoms with Gasteiger partial charge in [0.25, 0.3) is 17.7 Å². The van der Waals surface area contributed by atoms with Crippen LogP contribution in [0.2, 0.25) is 5.02 Å². The van der Waals surface area contributed by atoms with Gasteiger partial charge in [-0.1, -0.05) is 29.3 Å². The van der Waals surface area contributed by atoms with Gasteiger partial charge in [0, 0.05) is 22.0 Å². The number of esters is 1. The summed E-state index contributed by atoms with van der Waals surface area (Å²) in [6, 6.07) is 17.4. The summed E-state index contributed by atoms with van der Waals surface area (Å²) in [7, 11) is 0. The number of carbonyl (C=O) groups excluding carboxylic acids is 4. The second-order valence-electron chi connectivity index (χ2n) is 8.75. The Bertz CT molecular complexity index is 1480. The number of aryl methyl sites for hydroxylation is 1. The molecule has 0 unspecified atom stereocenters. The van der Waals surface area contributed by atoms with Crippen LogP contribution in [0.15, 0.2) is 77.5 Å². The molecule has 4 rings (SSSR count). The third-order valence-corrected chi connectivity index (χ3v) is 6.15. The van der Waals surface area contributed by atoms with Crippen LogP contribution in [0.1, 0.15) is 40.1 Å². The molecule has 3 amide bonds. The number of imide groups is 1. The van der Waals surface area contributed by atoms with Gasteiger partial charge in [-0.3, -0.25) is 14.4 Å². The van der Waals surface area contributed by atoms with Crippen LogP contribution in [-0.4, -0.2) is 29.8 Å². The van der Waals surface area contributed by atoms with Crippen molar-refractivity contribution in [3.63, 3.8) is 0 Å². The number of nitrogens with zero attached hydrogens (tertiary/aromatic N) is 1. The van der Waals surface area contributed by atoms with Gasteiger partial charge in [0.2, 0.25) is 0 Å². The Labute approximate surface area is 229 Å². The maximum absolute atomic E-state index is 13.1. The number of hydrogen-bond acceptors (Lipinski definition) is 6. The number of hydrogen-bond donors (Lipinski definition) is 2. The largest absolute Gasteiger partial charge is 0.459 e. The summed E-state index contributed by atoms with van der Waals surface area (Å²) < 4.78 is 5.19. The van der Waals surface area contributed by atoms with Crippen molar-refractivity contribution in [2.24, 2.45) is 0 Å². The molecule has 0 saturated carbocycles. The fourth-order valence-corrected chi connectivity index (χ4v) is 4.15. The number of halogens is 2. The average molecular weight is 552 g/mol. The number of benzene rings is 3. The second kappa shape index (κ2) is 11.1. The highest BCUT2D eigenvalue weighted by atomic mass is 35.5. The number of anilines is 3. The van der Waals surface area contributed by atoms with Crippen molar-refractivity contribution in [2.75, 3.05) is 15.5 Å². The Morgan fingerprint density at radius 3 is 2.26 bits per heavy atom. The van der Waals surface area contributed by atoms with Gasteiger partial charge in [-0.15, -0.1) is 0 Å². The summed E-state index contributed by atoms with van der Waals surface area (Å²) in [6.07, 6.45) is -0.327. The Balaban J connectivity index is 1.48. The molecule has 0 aromatic heterocycles. The monoisotopic (exact) mass is 551 g/mol. The normalized spacial score (nSPS) is 13.3. The summed E-state index contributed by atoms with van der Waals surface area (Å²) >= 11 is 12.2. The SMILES string of the molecule is Cc1cc(Cl)ccc1NC(=O)c1ccc(NC2=C(Cl)C(=O)N(c3cccc(C(=O)OC(C)C)c3)C2=O)cc1. The molecule has 38 heavy (non-hydrogen) atoms. The standard InChI is InChI=1S/C28H23Cl2N3O5/c1-15(2)38-28(37)18-5-4-6-21(14-18)33-26(35)23(30)24(27(33)36)31-20-10-7-17(8-11-20)25(34)32-22-12-9-19(29)13-16(22)3/h4-15,31H,1-3H3,(H,32,34). The van der Waals surface area contributed by atoms with E-state index in [1.54, 1.807) is 62.4 Å². The molecule has 8 nitrogen and oxygen atoms in total. The van der Waals surface area contributed by atoms with E-state index >= 15 is 0 Å². The minimum absolute atomic E-state index is 0.124. The molecule has 10 heteroatoms. The van der Waals surface area contributed by atoms with E-state index in [4.69, 9.17) is 27.9 Å². The minimum atomic E-state index is -0.733. The van der Waals surface area contributed by atoms with Crippen LogP contribution >= 0.6 is 23.2 Å². The lowest BCUT2D eigenvalue weighted by Crippen LogP contribution is -2.32. The molecule has 0 saturated heterocycles. The quantitative estimate of drug-likeness (QED) is 0.279. The van der Waals surface area contributed by atoms with Gasteiger partial charge in [-0.25, -0.2) is 9.69 Å². The summed E-state index contributed by atoms with van der Waals surface area (Å²) in [5.74, 6) is -2.32. The van der Waals surface area contributed by atoms with E-state index < -0.39 is 17.8 Å². The first-order valence-electron chi connectivity index (χ1n) is 11.6. The molecule has 3 aromatic rings. The van der Waals surface area contributed by atoms with E-state index in [-0.39, 0.29) is 34.0 Å². The fourth-order valence-electron chi connectivity index (χ4n) is 3.71. The fraction of sp³-hybridized carbons (Fsp3) is 0.143. The van der Waals surface area contributed by atoms with Crippen molar-refractivity contribution in [1.82, 2.24) is 0 Å². The van der Waals surface area contributed by atoms with Crippen molar-refractivity contribution in [3.05, 3.63) is 99.2 Å². The molecule has 0 aliphatic carbocycles. The number of carbonyl (C=O) groups is 4. The average Bonchev–Trinajstić information content (AvgIpc) is 3.08. The van der Waals surface area contributed by atoms with Crippen molar-refractivity contribution in [2.45, 2.75) is 26.9 Å². The number of amides is 3. The lowest BCUT2D eigenvalue weighted by molar-refractivity contribution is -0.120. The van der Waals surface area contributed by atoms with E-state index in [0.29, 0.717) is 22.0 Å². The molecule has 0 bridgehead atoms. The highest BCUT2D eigenvalue weighted by molar-refractivity contribution is 6.53. The molecular formula is C28H23Cl2N3O5. The first kappa shape index (κ1) is 26.9. The van der Waals surface area contributed by atoms with Gasteiger partial charge in [0.15, 0.2) is 0 Å². The summed E-state index contributed by atoms with van der Waals surface area (Å²) in [4.78, 5) is 51.8. The summed E-state index contributed by atoms with van der Waals surface area (Å²) in [6.45, 7) is 5.27. The van der Waals surface area contributed by atoms with Crippen LogP contribution in [0.5, 0.6) is 0 Å². The molecule has 1 aliphatic rings. The van der Waals surface area contributed by atoms with Crippen LogP contribution in [0.4, 0.5) is 17.1 Å². The van der Waals surface area contributed by atoms with Gasteiger partial charge >= 0.3 is 5.97 Å². The minimum Gasteiger partial charge on any atom is -0.459 e. The van der Waals surface area contributed by atoms with Gasteiger partial charge in [0.1, 0.15) is 10.7 Å². The van der Waals surface area contributed by atoms with Crippen molar-refractivity contribution in [1.29, 1.82) is 0 Å². The zero-order valence-corrected chi connectivity index (χ0v) is 22.2. The predicted octanol–water partition coefficient (Wildman–Crippen LogP) is 5.90. The van der Waals surface area contributed by atoms with Crippen LogP contribution in [0.25, 0.3) is 0 Å². The van der Waals surface area contributed by atoms with Crippen molar-refractivity contribution in [3.8, 4) is 0 Å². The van der Waals surface area contributed by atoms with E-state index in [2.05, 4.69) is 10.6 Å². The molecule has 1 heterocycles. The highest BCUT2D eigenvalue weighted by Crippen LogP contribution is 2.31. The first-order valence-corrected chi connectivity index (χ1v) is 12.3. The van der Waals surface area contributed by atoms with Crippen LogP contribution in [-0.2, 0) is 14.3 Å². The smallest absolute Gasteiger partial charge is 0.338 e. The third kappa shape index (κ3) is 5.72. The van der Waals surface area contributed by atoms with Crippen molar-refractivity contribution < 1.29 is 23.9 Å². The molecule has 0 atom stereocenters. The maximum atomic E-state index is 13.1. The van der Waals surface area contributed by atoms with Gasteiger partial charge in [0.05, 0.1) is 17.4 Å². The van der Waals surface area contributed by atoms with Gasteiger partial charge < -0.3 is 15.4 Å². The van der Waals surface area contributed by atoms with Crippen LogP contribution in [0.3, 0.4) is 0 Å². The summed E-state index contributed by atoms with van der Waals surface area (Å²) in [5.41, 5.74) is 2.52. The molecular weight excluding hydrogens is 529 g/mol. The molecule has 194 valence electrons. The molecule has 0 spiro atoms. The van der Waals surface area contributed by atoms with Crippen molar-refractivity contribution >= 4 is 64.0 Å². The van der Waals surface area contributed by atoms with E-state index in [9.17, 15) is 19.2 Å². The number of ether oxygens (including phenoxy) is 1. The molecule has 1 aliphatic heterocycles. The maximum Gasteiger partial charge on any atom is 0.338 e. The Hall–Kier alpha value is -4.14. The van der Waals surface area contributed by atoms with Crippen LogP contribution in [0, 0.1) is 6.92 Å². The first-order chi connectivity index (χ1) is 18.0. The topological polar surface area (TPSA) is 105 Å². The zero-order valence-electron chi connectivity index (χ0n) is 20.7. The Kier molecular flexibility index (Phi) is 7.85. The molecule has 0 radical (unpaired) electrons. The molecule has 3 aromatic carbocycles. The summed E-state index contributed by atoms with van der Waals surface area (Å²) in [5, 5.41) is 5.96. The van der Waals surface area contributed by atoms with E-state index in [1.165, 1.54) is 18.2 Å². The number of nitrogens with one attached hydrogen (secondary N) is 2. The van der Waals surface area contributed by atoms with E-state index in [1.807, 2.05) is 6.92 Å². The Morgan fingerprint density at radius 1 is 0.895 bits per heavy atom. The van der Waals surface area contributed by atoms with Gasteiger partial charge in [-0.2, -0.15) is 0 Å². The lowest BCUT2D eigenvalue weighted by atomic mass is 10.1. The third-order valence-electron chi connectivity index (χ3n) is 5.56. The Morgan fingerprint density at radius 2 is 1.61 bits per heavy atom. The predicted molar refractivity (Wildman–Crippen MR) is 147 cm³/mol. The van der Waals surface area contributed by atoms with Crippen LogP contribution < -0.4 is 15.5 Å².